The number of carbonyl (C=O) groups is 1. The van der Waals surface area contributed by atoms with Gasteiger partial charge < -0.3 is 15.1 Å². The van der Waals surface area contributed by atoms with Crippen LogP contribution in [0.2, 0.25) is 0 Å². The number of anilines is 2. The van der Waals surface area contributed by atoms with Crippen LogP contribution in [0.5, 0.6) is 0 Å². The minimum Gasteiger partial charge on any atom is -0.327 e. The number of benzene rings is 1. The second kappa shape index (κ2) is 10.5. The number of fused-ring (bicyclic) bond motifs is 2. The van der Waals surface area contributed by atoms with Crippen LogP contribution in [0, 0.1) is 17.7 Å². The number of hydroxylamine groups is 1. The van der Waals surface area contributed by atoms with E-state index in [0.717, 1.165) is 27.2 Å². The number of hydrogen-bond donors (Lipinski definition) is 1. The van der Waals surface area contributed by atoms with Crippen molar-refractivity contribution in [2.45, 2.75) is 58.3 Å². The second-order valence-corrected chi connectivity index (χ2v) is 11.0. The molecule has 0 spiro atoms. The molecule has 2 saturated heterocycles. The smallest absolute Gasteiger partial charge is 0.327 e. The Bertz CT molecular complexity index is 1390. The van der Waals surface area contributed by atoms with Gasteiger partial charge in [-0.05, 0) is 48.9 Å². The maximum atomic E-state index is 13.9. The van der Waals surface area contributed by atoms with Crippen molar-refractivity contribution in [1.82, 2.24) is 19.4 Å². The number of nitrogens with zero attached hydrogens (tertiary/aromatic N) is 5. The lowest BCUT2D eigenvalue weighted by Gasteiger charge is -2.39. The monoisotopic (exact) mass is 568 g/mol. The highest BCUT2D eigenvalue weighted by Crippen LogP contribution is 2.42. The van der Waals surface area contributed by atoms with Gasteiger partial charge in [0.15, 0.2) is 17.8 Å². The SMILES string of the molecule is CC(C)CCn1c(=O)c2c(n(C)c1=O)N(OC(=O)C(F)(F)F)C(N1CCC3CNCC31)N2Cc1ccc(F)cc1. The molecule has 5 rings (SSSR count). The molecule has 1 aromatic carbocycles. The van der Waals surface area contributed by atoms with Crippen LogP contribution in [0.4, 0.5) is 29.1 Å². The molecule has 3 unspecified atom stereocenters. The van der Waals surface area contributed by atoms with Gasteiger partial charge in [0.1, 0.15) is 5.82 Å². The summed E-state index contributed by atoms with van der Waals surface area (Å²) in [5.74, 6) is -2.80. The van der Waals surface area contributed by atoms with Gasteiger partial charge in [0.05, 0.1) is 0 Å². The minimum atomic E-state index is -5.32. The van der Waals surface area contributed by atoms with E-state index >= 15 is 0 Å². The number of nitrogens with one attached hydrogen (secondary N) is 1. The van der Waals surface area contributed by atoms with Crippen molar-refractivity contribution in [2.24, 2.45) is 18.9 Å². The molecule has 0 saturated carbocycles. The molecule has 40 heavy (non-hydrogen) atoms. The molecule has 3 atom stereocenters. The molecule has 2 aromatic rings. The molecule has 10 nitrogen and oxygen atoms in total. The average molecular weight is 569 g/mol. The molecule has 0 amide bonds. The summed E-state index contributed by atoms with van der Waals surface area (Å²) in [6.07, 6.45) is -5.21. The van der Waals surface area contributed by atoms with Gasteiger partial charge in [-0.25, -0.2) is 14.0 Å². The molecule has 1 N–H and O–H groups in total. The zero-order valence-electron chi connectivity index (χ0n) is 22.4. The third-order valence-corrected chi connectivity index (χ3v) is 7.87. The molecule has 218 valence electrons. The second-order valence-electron chi connectivity index (χ2n) is 11.0. The number of alkyl halides is 3. The summed E-state index contributed by atoms with van der Waals surface area (Å²) >= 11 is 0. The van der Waals surface area contributed by atoms with Crippen LogP contribution in [0.1, 0.15) is 32.3 Å². The van der Waals surface area contributed by atoms with Gasteiger partial charge in [-0.15, -0.1) is 5.06 Å². The van der Waals surface area contributed by atoms with Gasteiger partial charge in [0.25, 0.3) is 5.56 Å². The Morgan fingerprint density at radius 2 is 1.85 bits per heavy atom. The fraction of sp³-hybridized carbons (Fsp3) is 0.577. The Morgan fingerprint density at radius 3 is 2.50 bits per heavy atom. The predicted octanol–water partition coefficient (Wildman–Crippen LogP) is 2.16. The van der Waals surface area contributed by atoms with E-state index in [9.17, 15) is 31.9 Å². The molecule has 0 radical (unpaired) electrons. The summed E-state index contributed by atoms with van der Waals surface area (Å²) < 4.78 is 56.2. The van der Waals surface area contributed by atoms with Crippen molar-refractivity contribution in [3.8, 4) is 0 Å². The van der Waals surface area contributed by atoms with Crippen LogP contribution in [-0.4, -0.2) is 58.1 Å². The number of aromatic nitrogens is 2. The Balaban J connectivity index is 1.70. The Hall–Kier alpha value is -3.39. The quantitative estimate of drug-likeness (QED) is 0.509. The van der Waals surface area contributed by atoms with E-state index in [4.69, 9.17) is 4.84 Å². The molecular formula is C26H32F4N6O4. The summed E-state index contributed by atoms with van der Waals surface area (Å²) in [7, 11) is 1.34. The fourth-order valence-electron chi connectivity index (χ4n) is 5.84. The van der Waals surface area contributed by atoms with Crippen LogP contribution < -0.4 is 26.5 Å². The summed E-state index contributed by atoms with van der Waals surface area (Å²) in [6.45, 7) is 5.71. The average Bonchev–Trinajstić information content (AvgIpc) is 3.57. The summed E-state index contributed by atoms with van der Waals surface area (Å²) in [5.41, 5.74) is -0.924. The first-order chi connectivity index (χ1) is 18.9. The highest BCUT2D eigenvalue weighted by molar-refractivity contribution is 5.80. The number of hydrogen-bond acceptors (Lipinski definition) is 8. The largest absolute Gasteiger partial charge is 0.493 e. The number of likely N-dealkylation sites (tertiary alicyclic amines) is 1. The normalized spacial score (nSPS) is 22.8. The van der Waals surface area contributed by atoms with Crippen molar-refractivity contribution in [3.05, 3.63) is 56.5 Å². The van der Waals surface area contributed by atoms with Crippen LogP contribution >= 0.6 is 0 Å². The molecule has 0 bridgehead atoms. The van der Waals surface area contributed by atoms with Gasteiger partial charge in [0, 0.05) is 39.3 Å². The van der Waals surface area contributed by atoms with Gasteiger partial charge in [-0.1, -0.05) is 26.0 Å². The molecule has 3 aliphatic rings. The van der Waals surface area contributed by atoms with E-state index in [1.807, 2.05) is 18.7 Å². The Morgan fingerprint density at radius 1 is 1.15 bits per heavy atom. The highest BCUT2D eigenvalue weighted by atomic mass is 19.4. The van der Waals surface area contributed by atoms with Crippen molar-refractivity contribution in [1.29, 1.82) is 0 Å². The van der Waals surface area contributed by atoms with Gasteiger partial charge >= 0.3 is 17.8 Å². The molecule has 2 fully saturated rings. The third kappa shape index (κ3) is 4.98. The molecule has 3 aliphatic heterocycles. The standard InChI is InChI=1S/C26H32F4N6O4/c1-15(2)8-10-34-22(37)20-21(32(3)25(34)39)36(40-23(38)26(28,29)30)24(33-11-9-17-12-31-13-19(17)33)35(20)14-16-4-6-18(27)7-5-16/h4-7,15,17,19,24,31H,8-14H2,1-3H3. The molecule has 1 aromatic heterocycles. The van der Waals surface area contributed by atoms with Crippen molar-refractivity contribution in [2.75, 3.05) is 29.6 Å². The van der Waals surface area contributed by atoms with Gasteiger partial charge in [0.2, 0.25) is 0 Å². The van der Waals surface area contributed by atoms with E-state index in [1.165, 1.54) is 31.3 Å². The summed E-state index contributed by atoms with van der Waals surface area (Å²) in [6, 6.07) is 5.41. The molecule has 14 heteroatoms. The Kier molecular flexibility index (Phi) is 7.42. The van der Waals surface area contributed by atoms with E-state index < -0.39 is 35.5 Å². The lowest BCUT2D eigenvalue weighted by molar-refractivity contribution is -0.203. The number of halogens is 4. The summed E-state index contributed by atoms with van der Waals surface area (Å²) in [4.78, 5) is 47.9. The molecule has 0 aliphatic carbocycles. The zero-order chi connectivity index (χ0) is 28.9. The van der Waals surface area contributed by atoms with Crippen molar-refractivity contribution < 1.29 is 27.2 Å². The maximum Gasteiger partial charge on any atom is 0.493 e. The van der Waals surface area contributed by atoms with Crippen LogP contribution in [0.25, 0.3) is 0 Å². The van der Waals surface area contributed by atoms with Crippen molar-refractivity contribution in [3.63, 3.8) is 0 Å². The lowest BCUT2D eigenvalue weighted by atomic mass is 10.1. The maximum absolute atomic E-state index is 13.9. The van der Waals surface area contributed by atoms with E-state index in [0.29, 0.717) is 25.1 Å². The Labute approximate surface area is 227 Å². The molecular weight excluding hydrogens is 536 g/mol. The first kappa shape index (κ1) is 28.1. The van der Waals surface area contributed by atoms with Crippen molar-refractivity contribution >= 4 is 17.5 Å². The predicted molar refractivity (Wildman–Crippen MR) is 138 cm³/mol. The lowest BCUT2D eigenvalue weighted by Crippen LogP contribution is -2.58. The number of rotatable bonds is 7. The van der Waals surface area contributed by atoms with Crippen LogP contribution in [0.3, 0.4) is 0 Å². The van der Waals surface area contributed by atoms with Crippen LogP contribution in [-0.2, 0) is 29.8 Å². The minimum absolute atomic E-state index is 0.0169. The number of carbonyl (C=O) groups excluding carboxylic acids is 1. The summed E-state index contributed by atoms with van der Waals surface area (Å²) in [5, 5.41) is 4.04. The van der Waals surface area contributed by atoms with E-state index in [2.05, 4.69) is 5.32 Å². The van der Waals surface area contributed by atoms with Gasteiger partial charge in [-0.2, -0.15) is 13.2 Å². The first-order valence-corrected chi connectivity index (χ1v) is 13.3. The van der Waals surface area contributed by atoms with Crippen LogP contribution in [0.15, 0.2) is 33.9 Å². The van der Waals surface area contributed by atoms with E-state index in [1.54, 1.807) is 4.90 Å². The highest BCUT2D eigenvalue weighted by Gasteiger charge is 2.54. The van der Waals surface area contributed by atoms with Gasteiger partial charge in [-0.3, -0.25) is 18.8 Å². The third-order valence-electron chi connectivity index (χ3n) is 7.87. The molecule has 4 heterocycles. The fourth-order valence-corrected chi connectivity index (χ4v) is 5.84. The first-order valence-electron chi connectivity index (χ1n) is 13.3. The van der Waals surface area contributed by atoms with E-state index in [-0.39, 0.29) is 42.5 Å². The topological polar surface area (TPSA) is 92.0 Å². The zero-order valence-corrected chi connectivity index (χ0v) is 22.4.